The number of hydrogen-bond donors (Lipinski definition) is 3. The SMILES string of the molecule is COc1ccc(S(N)(=O)=O)cc1C(=O)NCC1(NC(=O)OC(C)(C)C)CCCCCC1. The summed E-state index contributed by atoms with van der Waals surface area (Å²) < 4.78 is 34.0. The van der Waals surface area contributed by atoms with Gasteiger partial charge in [-0.15, -0.1) is 0 Å². The number of primary sulfonamides is 1. The first-order valence-corrected chi connectivity index (χ1v) is 11.9. The number of ether oxygens (including phenoxy) is 2. The van der Waals surface area contributed by atoms with Crippen molar-refractivity contribution >= 4 is 22.0 Å². The number of hydrogen-bond acceptors (Lipinski definition) is 6. The van der Waals surface area contributed by atoms with Crippen molar-refractivity contribution < 1.29 is 27.5 Å². The lowest BCUT2D eigenvalue weighted by molar-refractivity contribution is 0.0437. The Kier molecular flexibility index (Phi) is 7.93. The zero-order valence-corrected chi connectivity index (χ0v) is 19.4. The van der Waals surface area contributed by atoms with Gasteiger partial charge in [-0.2, -0.15) is 0 Å². The summed E-state index contributed by atoms with van der Waals surface area (Å²) in [5, 5.41) is 11.0. The van der Waals surface area contributed by atoms with Crippen LogP contribution in [0, 0.1) is 0 Å². The number of methoxy groups -OCH3 is 1. The van der Waals surface area contributed by atoms with Gasteiger partial charge in [0.05, 0.1) is 23.1 Å². The highest BCUT2D eigenvalue weighted by Gasteiger charge is 2.35. The molecule has 10 heteroatoms. The van der Waals surface area contributed by atoms with Crippen LogP contribution in [0.1, 0.15) is 69.7 Å². The highest BCUT2D eigenvalue weighted by Crippen LogP contribution is 2.28. The van der Waals surface area contributed by atoms with Crippen LogP contribution < -0.4 is 20.5 Å². The number of alkyl carbamates (subject to hydrolysis) is 1. The lowest BCUT2D eigenvalue weighted by Crippen LogP contribution is -2.56. The fourth-order valence-electron chi connectivity index (χ4n) is 3.66. The van der Waals surface area contributed by atoms with E-state index in [-0.39, 0.29) is 22.8 Å². The summed E-state index contributed by atoms with van der Waals surface area (Å²) in [5.74, 6) is -0.295. The molecule has 0 atom stereocenters. The maximum atomic E-state index is 12.9. The van der Waals surface area contributed by atoms with E-state index in [1.165, 1.54) is 25.3 Å². The normalized spacial score (nSPS) is 16.7. The van der Waals surface area contributed by atoms with Crippen molar-refractivity contribution in [1.29, 1.82) is 0 Å². The molecule has 1 saturated carbocycles. The molecular formula is C21H33N3O6S. The van der Waals surface area contributed by atoms with Gasteiger partial charge in [0.25, 0.3) is 5.91 Å². The second-order valence-electron chi connectivity index (χ2n) is 8.91. The molecule has 1 aromatic rings. The number of amides is 2. The Morgan fingerprint density at radius 1 is 1.13 bits per heavy atom. The fraction of sp³-hybridized carbons (Fsp3) is 0.619. The van der Waals surface area contributed by atoms with E-state index in [1.807, 2.05) is 0 Å². The number of nitrogens with one attached hydrogen (secondary N) is 2. The average molecular weight is 456 g/mol. The average Bonchev–Trinajstić information content (AvgIpc) is 2.89. The maximum absolute atomic E-state index is 12.9. The third kappa shape index (κ3) is 7.39. The minimum absolute atomic E-state index is 0.0510. The van der Waals surface area contributed by atoms with Gasteiger partial charge >= 0.3 is 6.09 Å². The third-order valence-electron chi connectivity index (χ3n) is 5.16. The molecule has 0 bridgehead atoms. The summed E-state index contributed by atoms with van der Waals surface area (Å²) in [5.41, 5.74) is -1.24. The third-order valence-corrected chi connectivity index (χ3v) is 6.07. The zero-order valence-electron chi connectivity index (χ0n) is 18.6. The zero-order chi connectivity index (χ0) is 23.3. The molecule has 0 heterocycles. The summed E-state index contributed by atoms with van der Waals surface area (Å²) in [6.45, 7) is 5.55. The van der Waals surface area contributed by atoms with Crippen molar-refractivity contribution in [3.63, 3.8) is 0 Å². The van der Waals surface area contributed by atoms with Crippen molar-refractivity contribution in [2.75, 3.05) is 13.7 Å². The van der Waals surface area contributed by atoms with Gasteiger partial charge in [-0.1, -0.05) is 25.7 Å². The molecule has 174 valence electrons. The summed E-state index contributed by atoms with van der Waals surface area (Å²) in [7, 11) is -2.59. The highest BCUT2D eigenvalue weighted by atomic mass is 32.2. The lowest BCUT2D eigenvalue weighted by Gasteiger charge is -2.35. The molecule has 1 aromatic carbocycles. The lowest BCUT2D eigenvalue weighted by atomic mass is 9.90. The van der Waals surface area contributed by atoms with Crippen LogP contribution in [0.15, 0.2) is 23.1 Å². The van der Waals surface area contributed by atoms with Gasteiger partial charge in [-0.05, 0) is 51.8 Å². The number of carbonyl (C=O) groups is 2. The number of benzene rings is 1. The van der Waals surface area contributed by atoms with E-state index < -0.39 is 33.2 Å². The number of sulfonamides is 1. The number of nitrogens with two attached hydrogens (primary N) is 1. The van der Waals surface area contributed by atoms with Crippen LogP contribution in [0.5, 0.6) is 5.75 Å². The second-order valence-corrected chi connectivity index (χ2v) is 10.5. The summed E-state index contributed by atoms with van der Waals surface area (Å²) in [6.07, 6.45) is 4.79. The van der Waals surface area contributed by atoms with Gasteiger partial charge in [0.15, 0.2) is 0 Å². The van der Waals surface area contributed by atoms with E-state index in [4.69, 9.17) is 14.6 Å². The molecule has 0 unspecified atom stereocenters. The van der Waals surface area contributed by atoms with Crippen molar-refractivity contribution in [3.05, 3.63) is 23.8 Å². The van der Waals surface area contributed by atoms with Crippen molar-refractivity contribution in [2.24, 2.45) is 5.14 Å². The quantitative estimate of drug-likeness (QED) is 0.564. The molecule has 0 spiro atoms. The van der Waals surface area contributed by atoms with E-state index in [0.717, 1.165) is 25.7 Å². The Hall–Kier alpha value is -2.33. The second kappa shape index (κ2) is 9.86. The Balaban J connectivity index is 2.23. The summed E-state index contributed by atoms with van der Waals surface area (Å²) >= 11 is 0. The Morgan fingerprint density at radius 3 is 2.26 bits per heavy atom. The Bertz CT molecular complexity index is 900. The van der Waals surface area contributed by atoms with E-state index in [9.17, 15) is 18.0 Å². The van der Waals surface area contributed by atoms with E-state index in [2.05, 4.69) is 10.6 Å². The molecule has 0 saturated heterocycles. The molecule has 0 aromatic heterocycles. The first-order valence-electron chi connectivity index (χ1n) is 10.4. The Labute approximate surface area is 184 Å². The van der Waals surface area contributed by atoms with Crippen molar-refractivity contribution in [2.45, 2.75) is 75.3 Å². The molecule has 31 heavy (non-hydrogen) atoms. The maximum Gasteiger partial charge on any atom is 0.408 e. The van der Waals surface area contributed by atoms with Crippen molar-refractivity contribution in [3.8, 4) is 5.75 Å². The van der Waals surface area contributed by atoms with E-state index in [1.54, 1.807) is 20.8 Å². The monoisotopic (exact) mass is 455 g/mol. The first-order chi connectivity index (χ1) is 14.4. The number of carbonyl (C=O) groups excluding carboxylic acids is 2. The number of rotatable bonds is 6. The Morgan fingerprint density at radius 2 is 1.74 bits per heavy atom. The molecule has 1 aliphatic rings. The van der Waals surface area contributed by atoms with Crippen LogP contribution in [0.3, 0.4) is 0 Å². The van der Waals surface area contributed by atoms with E-state index in [0.29, 0.717) is 12.8 Å². The van der Waals surface area contributed by atoms with Crippen LogP contribution >= 0.6 is 0 Å². The van der Waals surface area contributed by atoms with Gasteiger partial charge in [0, 0.05) is 6.54 Å². The van der Waals surface area contributed by atoms with Gasteiger partial charge < -0.3 is 20.1 Å². The molecule has 9 nitrogen and oxygen atoms in total. The smallest absolute Gasteiger partial charge is 0.408 e. The van der Waals surface area contributed by atoms with Crippen LogP contribution in [0.25, 0.3) is 0 Å². The van der Waals surface area contributed by atoms with Gasteiger partial charge in [0.2, 0.25) is 10.0 Å². The largest absolute Gasteiger partial charge is 0.496 e. The van der Waals surface area contributed by atoms with E-state index >= 15 is 0 Å². The minimum Gasteiger partial charge on any atom is -0.496 e. The van der Waals surface area contributed by atoms with Crippen LogP contribution in [-0.2, 0) is 14.8 Å². The van der Waals surface area contributed by atoms with Gasteiger partial charge in [0.1, 0.15) is 11.4 Å². The fourth-order valence-corrected chi connectivity index (χ4v) is 4.20. The van der Waals surface area contributed by atoms with Crippen LogP contribution in [0.4, 0.5) is 4.79 Å². The van der Waals surface area contributed by atoms with Crippen LogP contribution in [0.2, 0.25) is 0 Å². The molecule has 0 radical (unpaired) electrons. The molecule has 4 N–H and O–H groups in total. The molecule has 0 aliphatic heterocycles. The topological polar surface area (TPSA) is 137 Å². The summed E-state index contributed by atoms with van der Waals surface area (Å²) in [6, 6.07) is 3.85. The summed E-state index contributed by atoms with van der Waals surface area (Å²) in [4.78, 5) is 25.2. The molecule has 1 fully saturated rings. The molecule has 1 aliphatic carbocycles. The first kappa shape index (κ1) is 24.9. The van der Waals surface area contributed by atoms with Gasteiger partial charge in [-0.25, -0.2) is 18.4 Å². The standard InChI is InChI=1S/C21H33N3O6S/c1-20(2,3)30-19(26)24-21(11-7-5-6-8-12-21)14-23-18(25)16-13-15(31(22,27)28)9-10-17(16)29-4/h9-10,13H,5-8,11-12,14H2,1-4H3,(H,23,25)(H,24,26)(H2,22,27,28). The van der Waals surface area contributed by atoms with Gasteiger partial charge in [-0.3, -0.25) is 4.79 Å². The molecule has 2 rings (SSSR count). The minimum atomic E-state index is -3.98. The predicted octanol–water partition coefficient (Wildman–Crippen LogP) is 2.69. The highest BCUT2D eigenvalue weighted by molar-refractivity contribution is 7.89. The molecule has 2 amide bonds. The predicted molar refractivity (Wildman–Crippen MR) is 117 cm³/mol. The van der Waals surface area contributed by atoms with Crippen LogP contribution in [-0.4, -0.2) is 45.2 Å². The van der Waals surface area contributed by atoms with Crippen molar-refractivity contribution in [1.82, 2.24) is 10.6 Å². The molecular weight excluding hydrogens is 422 g/mol.